The summed E-state index contributed by atoms with van der Waals surface area (Å²) in [6.45, 7) is 9.35. The number of imidazole rings is 1. The van der Waals surface area contributed by atoms with E-state index in [1.54, 1.807) is 12.1 Å². The van der Waals surface area contributed by atoms with Gasteiger partial charge in [0.25, 0.3) is 0 Å². The Bertz CT molecular complexity index is 1300. The third-order valence-electron chi connectivity index (χ3n) is 7.15. The maximum absolute atomic E-state index is 11.4. The number of unbranched alkanes of at least 4 members (excludes halogenated alkanes) is 2. The van der Waals surface area contributed by atoms with Gasteiger partial charge in [-0.05, 0) is 44.0 Å². The molecule has 0 aliphatic heterocycles. The maximum Gasteiger partial charge on any atom is 0.335 e. The van der Waals surface area contributed by atoms with E-state index >= 15 is 0 Å². The van der Waals surface area contributed by atoms with Crippen LogP contribution in [0.5, 0.6) is 0 Å². The number of aromatic carboxylic acids is 1. The first kappa shape index (κ1) is 27.3. The van der Waals surface area contributed by atoms with Crippen LogP contribution in [0.1, 0.15) is 74.1 Å². The summed E-state index contributed by atoms with van der Waals surface area (Å²) in [5.41, 5.74) is 5.96. The molecule has 0 aliphatic rings. The van der Waals surface area contributed by atoms with E-state index in [1.165, 1.54) is 5.69 Å². The molecule has 4 rings (SSSR count). The zero-order valence-corrected chi connectivity index (χ0v) is 22.8. The Hall–Kier alpha value is -3.70. The molecule has 38 heavy (non-hydrogen) atoms. The van der Waals surface area contributed by atoms with Gasteiger partial charge in [0, 0.05) is 30.3 Å². The summed E-state index contributed by atoms with van der Waals surface area (Å²) in [7, 11) is 0. The first-order valence-electron chi connectivity index (χ1n) is 13.8. The van der Waals surface area contributed by atoms with Gasteiger partial charge in [0.15, 0.2) is 0 Å². The summed E-state index contributed by atoms with van der Waals surface area (Å²) in [6.07, 6.45) is 4.38. The Labute approximate surface area is 226 Å². The molecule has 0 spiro atoms. The maximum atomic E-state index is 11.4. The predicted molar refractivity (Wildman–Crippen MR) is 155 cm³/mol. The molecule has 5 nitrogen and oxygen atoms in total. The minimum atomic E-state index is -0.895. The molecule has 1 heterocycles. The van der Waals surface area contributed by atoms with Crippen LogP contribution >= 0.6 is 0 Å². The number of rotatable bonds is 13. The fourth-order valence-electron chi connectivity index (χ4n) is 4.98. The van der Waals surface area contributed by atoms with E-state index in [-0.39, 0.29) is 6.04 Å². The number of hydrogen-bond acceptors (Lipinski definition) is 3. The molecule has 0 saturated heterocycles. The molecule has 4 aromatic rings. The van der Waals surface area contributed by atoms with Crippen LogP contribution < -0.4 is 0 Å². The lowest BCUT2D eigenvalue weighted by Crippen LogP contribution is -2.30. The Kier molecular flexibility index (Phi) is 9.50. The zero-order chi connectivity index (χ0) is 26.9. The van der Waals surface area contributed by atoms with Crippen LogP contribution in [0.2, 0.25) is 0 Å². The third-order valence-corrected chi connectivity index (χ3v) is 7.15. The van der Waals surface area contributed by atoms with Crippen LogP contribution in [0.4, 0.5) is 0 Å². The van der Waals surface area contributed by atoms with Crippen molar-refractivity contribution < 1.29 is 9.90 Å². The Morgan fingerprint density at radius 1 is 0.868 bits per heavy atom. The summed E-state index contributed by atoms with van der Waals surface area (Å²) < 4.78 is 2.44. The van der Waals surface area contributed by atoms with Gasteiger partial charge in [-0.1, -0.05) is 99.5 Å². The topological polar surface area (TPSA) is 58.4 Å². The second-order valence-corrected chi connectivity index (χ2v) is 9.91. The quantitative estimate of drug-likeness (QED) is 0.198. The molecule has 0 fully saturated rings. The van der Waals surface area contributed by atoms with Gasteiger partial charge in [0.2, 0.25) is 0 Å². The van der Waals surface area contributed by atoms with Crippen molar-refractivity contribution in [2.45, 2.75) is 65.6 Å². The lowest BCUT2D eigenvalue weighted by Gasteiger charge is -2.31. The van der Waals surface area contributed by atoms with Crippen LogP contribution in [0.3, 0.4) is 0 Å². The third kappa shape index (κ3) is 6.40. The van der Waals surface area contributed by atoms with Crippen molar-refractivity contribution in [2.24, 2.45) is 0 Å². The number of hydrogen-bond donors (Lipinski definition) is 1. The van der Waals surface area contributed by atoms with Crippen LogP contribution in [0.15, 0.2) is 84.9 Å². The van der Waals surface area contributed by atoms with Gasteiger partial charge < -0.3 is 9.67 Å². The summed E-state index contributed by atoms with van der Waals surface area (Å²) >= 11 is 0. The van der Waals surface area contributed by atoms with Crippen molar-refractivity contribution in [3.63, 3.8) is 0 Å². The van der Waals surface area contributed by atoms with Gasteiger partial charge in [-0.25, -0.2) is 9.78 Å². The molecule has 0 radical (unpaired) electrons. The highest BCUT2D eigenvalue weighted by molar-refractivity contribution is 5.87. The molecule has 5 heteroatoms. The molecule has 0 aliphatic carbocycles. The van der Waals surface area contributed by atoms with E-state index in [0.29, 0.717) is 5.56 Å². The second kappa shape index (κ2) is 13.2. The van der Waals surface area contributed by atoms with Gasteiger partial charge in [0.1, 0.15) is 5.82 Å². The number of carboxylic acids is 1. The van der Waals surface area contributed by atoms with E-state index in [4.69, 9.17) is 4.98 Å². The Morgan fingerprint density at radius 2 is 1.47 bits per heavy atom. The first-order valence-corrected chi connectivity index (χ1v) is 13.8. The Balaban J connectivity index is 1.82. The highest BCUT2D eigenvalue weighted by Crippen LogP contribution is 2.36. The van der Waals surface area contributed by atoms with Crippen LogP contribution in [0, 0.1) is 0 Å². The average Bonchev–Trinajstić information content (AvgIpc) is 3.34. The van der Waals surface area contributed by atoms with Gasteiger partial charge >= 0.3 is 5.97 Å². The van der Waals surface area contributed by atoms with Gasteiger partial charge in [-0.2, -0.15) is 0 Å². The minimum Gasteiger partial charge on any atom is -0.478 e. The summed E-state index contributed by atoms with van der Waals surface area (Å²) in [5.74, 6) is 0.120. The highest BCUT2D eigenvalue weighted by Gasteiger charge is 2.27. The molecule has 3 aromatic carbocycles. The number of nitrogens with zero attached hydrogens (tertiary/aromatic N) is 3. The standard InChI is InChI=1S/C33H39N3O2/c1-4-6-22-35(24-26-18-20-29(21-19-26)33(37)38)25(3)31-30(27-14-10-8-11-15-27)34-32(36(31)23-7-5-2)28-16-12-9-13-17-28/h8-21,25H,4-7,22-24H2,1-3H3,(H,37,38)/t25-/m0/s1. The minimum absolute atomic E-state index is 0.109. The number of carboxylic acid groups (broad SMARTS) is 1. The lowest BCUT2D eigenvalue weighted by molar-refractivity contribution is 0.0697. The molecule has 198 valence electrons. The van der Waals surface area contributed by atoms with Crippen molar-refractivity contribution in [2.75, 3.05) is 6.54 Å². The highest BCUT2D eigenvalue weighted by atomic mass is 16.4. The first-order chi connectivity index (χ1) is 18.5. The van der Waals surface area contributed by atoms with Crippen LogP contribution in [0.25, 0.3) is 22.6 Å². The van der Waals surface area contributed by atoms with E-state index in [9.17, 15) is 9.90 Å². The molecule has 0 amide bonds. The van der Waals surface area contributed by atoms with Crippen molar-refractivity contribution in [3.8, 4) is 22.6 Å². The van der Waals surface area contributed by atoms with E-state index < -0.39 is 5.97 Å². The average molecular weight is 510 g/mol. The summed E-state index contributed by atoms with van der Waals surface area (Å²) in [4.78, 5) is 19.2. The monoisotopic (exact) mass is 509 g/mol. The number of benzene rings is 3. The number of carbonyl (C=O) groups is 1. The van der Waals surface area contributed by atoms with Gasteiger partial charge in [0.05, 0.1) is 17.0 Å². The molecule has 0 bridgehead atoms. The summed E-state index contributed by atoms with van der Waals surface area (Å²) in [5, 5.41) is 9.33. The van der Waals surface area contributed by atoms with Gasteiger partial charge in [-0.3, -0.25) is 4.90 Å². The molecule has 1 atom stereocenters. The smallest absolute Gasteiger partial charge is 0.335 e. The lowest BCUT2D eigenvalue weighted by atomic mass is 10.0. The molecular weight excluding hydrogens is 470 g/mol. The largest absolute Gasteiger partial charge is 0.478 e. The molecule has 0 saturated carbocycles. The molecule has 1 N–H and O–H groups in total. The number of aromatic nitrogens is 2. The van der Waals surface area contributed by atoms with E-state index in [1.807, 2.05) is 24.3 Å². The molecular formula is C33H39N3O2. The SMILES string of the molecule is CCCCN(Cc1ccc(C(=O)O)cc1)[C@@H](C)c1c(-c2ccccc2)nc(-c2ccccc2)n1CCCC. The van der Waals surface area contributed by atoms with Gasteiger partial charge in [-0.15, -0.1) is 0 Å². The van der Waals surface area contributed by atoms with Crippen molar-refractivity contribution in [1.82, 2.24) is 14.5 Å². The van der Waals surface area contributed by atoms with E-state index in [0.717, 1.165) is 73.5 Å². The fraction of sp³-hybridized carbons (Fsp3) is 0.333. The molecule has 1 aromatic heterocycles. The van der Waals surface area contributed by atoms with E-state index in [2.05, 4.69) is 78.8 Å². The fourth-order valence-corrected chi connectivity index (χ4v) is 4.98. The Morgan fingerprint density at radius 3 is 2.05 bits per heavy atom. The zero-order valence-electron chi connectivity index (χ0n) is 22.8. The molecule has 0 unspecified atom stereocenters. The predicted octanol–water partition coefficient (Wildman–Crippen LogP) is 8.08. The summed E-state index contributed by atoms with van der Waals surface area (Å²) in [6, 6.07) is 28.4. The van der Waals surface area contributed by atoms with Crippen molar-refractivity contribution in [1.29, 1.82) is 0 Å². The normalized spacial score (nSPS) is 12.1. The van der Waals surface area contributed by atoms with Crippen molar-refractivity contribution in [3.05, 3.63) is 102 Å². The second-order valence-electron chi connectivity index (χ2n) is 9.91. The van der Waals surface area contributed by atoms with Crippen LogP contribution in [-0.4, -0.2) is 32.1 Å². The van der Waals surface area contributed by atoms with Crippen molar-refractivity contribution >= 4 is 5.97 Å². The van der Waals surface area contributed by atoms with Crippen LogP contribution in [-0.2, 0) is 13.1 Å².